The summed E-state index contributed by atoms with van der Waals surface area (Å²) in [5.41, 5.74) is 4.00. The van der Waals surface area contributed by atoms with Crippen LogP contribution in [0.15, 0.2) is 65.6 Å². The molecule has 3 unspecified atom stereocenters. The van der Waals surface area contributed by atoms with Crippen LogP contribution in [0.3, 0.4) is 0 Å². The van der Waals surface area contributed by atoms with Crippen LogP contribution in [0.25, 0.3) is 5.69 Å². The van der Waals surface area contributed by atoms with Crippen LogP contribution in [-0.4, -0.2) is 16.3 Å². The predicted molar refractivity (Wildman–Crippen MR) is 103 cm³/mol. The maximum Gasteiger partial charge on any atom is 0.292 e. The Labute approximate surface area is 156 Å². The Morgan fingerprint density at radius 1 is 1.12 bits per heavy atom. The summed E-state index contributed by atoms with van der Waals surface area (Å²) in [4.78, 5) is 12.5. The van der Waals surface area contributed by atoms with Crippen molar-refractivity contribution in [1.82, 2.24) is 9.78 Å². The van der Waals surface area contributed by atoms with Gasteiger partial charge in [0.1, 0.15) is 5.02 Å². The van der Waals surface area contributed by atoms with Crippen LogP contribution in [-0.2, 0) is 6.42 Å². The Bertz CT molecular complexity index is 1030. The van der Waals surface area contributed by atoms with E-state index in [1.165, 1.54) is 15.8 Å². The summed E-state index contributed by atoms with van der Waals surface area (Å²) in [6, 6.07) is 18.0. The maximum absolute atomic E-state index is 12.5. The van der Waals surface area contributed by atoms with Gasteiger partial charge in [-0.2, -0.15) is 9.78 Å². The second-order valence-corrected chi connectivity index (χ2v) is 7.44. The summed E-state index contributed by atoms with van der Waals surface area (Å²) in [5.74, 6) is 1.98. The van der Waals surface area contributed by atoms with Crippen molar-refractivity contribution >= 4 is 17.3 Å². The van der Waals surface area contributed by atoms with Gasteiger partial charge in [0.15, 0.2) is 0 Å². The first-order valence-corrected chi connectivity index (χ1v) is 9.27. The van der Waals surface area contributed by atoms with Gasteiger partial charge in [-0.05, 0) is 47.4 Å². The lowest BCUT2D eigenvalue weighted by Crippen LogP contribution is -2.23. The van der Waals surface area contributed by atoms with Crippen molar-refractivity contribution in [3.05, 3.63) is 87.3 Å². The van der Waals surface area contributed by atoms with Gasteiger partial charge < -0.3 is 5.32 Å². The molecule has 1 heterocycles. The van der Waals surface area contributed by atoms with Gasteiger partial charge in [-0.25, -0.2) is 0 Å². The summed E-state index contributed by atoms with van der Waals surface area (Å²) in [5, 5.41) is 7.81. The highest BCUT2D eigenvalue weighted by Gasteiger charge is 2.54. The molecule has 0 spiro atoms. The van der Waals surface area contributed by atoms with Crippen LogP contribution in [0, 0.1) is 11.8 Å². The van der Waals surface area contributed by atoms with Crippen LogP contribution in [0.2, 0.25) is 5.02 Å². The largest absolute Gasteiger partial charge is 0.382 e. The molecule has 0 aliphatic heterocycles. The number of para-hydroxylation sites is 1. The van der Waals surface area contributed by atoms with E-state index in [9.17, 15) is 4.79 Å². The summed E-state index contributed by atoms with van der Waals surface area (Å²) < 4.78 is 1.33. The Morgan fingerprint density at radius 2 is 1.88 bits per heavy atom. The third-order valence-electron chi connectivity index (χ3n) is 5.65. The first-order valence-electron chi connectivity index (χ1n) is 8.89. The van der Waals surface area contributed by atoms with Gasteiger partial charge in [0.25, 0.3) is 5.56 Å². The molecule has 4 nitrogen and oxygen atoms in total. The average Bonchev–Trinajstić information content (AvgIpc) is 3.21. The van der Waals surface area contributed by atoms with Gasteiger partial charge in [0.2, 0.25) is 0 Å². The number of nitrogens with zero attached hydrogens (tertiary/aromatic N) is 2. The fraction of sp³-hybridized carbons (Fsp3) is 0.238. The first-order chi connectivity index (χ1) is 12.7. The maximum atomic E-state index is 12.5. The standard InChI is InChI=1S/C21H18ClN3O/c22-20-18(12-24-25(21(20)26)14-7-2-1-3-8-14)23-11-17-16-10-13-6-4-5-9-15(13)19(16)17/h1-9,12,16-17,19,23H,10-11H2. The van der Waals surface area contributed by atoms with E-state index in [1.807, 2.05) is 30.3 Å². The van der Waals surface area contributed by atoms with Crippen molar-refractivity contribution in [3.8, 4) is 5.69 Å². The number of hydrogen-bond donors (Lipinski definition) is 1. The number of benzene rings is 2. The molecule has 0 radical (unpaired) electrons. The molecule has 2 aliphatic rings. The zero-order valence-electron chi connectivity index (χ0n) is 14.1. The number of halogens is 1. The first kappa shape index (κ1) is 15.6. The zero-order valence-corrected chi connectivity index (χ0v) is 14.9. The van der Waals surface area contributed by atoms with Crippen molar-refractivity contribution in [1.29, 1.82) is 0 Å². The van der Waals surface area contributed by atoms with Gasteiger partial charge in [-0.3, -0.25) is 4.79 Å². The van der Waals surface area contributed by atoms with Gasteiger partial charge >= 0.3 is 0 Å². The Kier molecular flexibility index (Phi) is 3.61. The Hall–Kier alpha value is -2.59. The topological polar surface area (TPSA) is 46.9 Å². The van der Waals surface area contributed by atoms with Gasteiger partial charge in [-0.15, -0.1) is 0 Å². The van der Waals surface area contributed by atoms with E-state index in [0.29, 0.717) is 23.2 Å². The fourth-order valence-electron chi connectivity index (χ4n) is 4.30. The second kappa shape index (κ2) is 5.99. The quantitative estimate of drug-likeness (QED) is 0.765. The smallest absolute Gasteiger partial charge is 0.292 e. The number of rotatable bonds is 4. The molecule has 0 bridgehead atoms. The Morgan fingerprint density at radius 3 is 2.73 bits per heavy atom. The third kappa shape index (κ3) is 2.44. The lowest BCUT2D eigenvalue weighted by molar-refractivity contribution is 0.718. The highest BCUT2D eigenvalue weighted by Crippen LogP contribution is 2.61. The number of anilines is 1. The molecule has 2 aliphatic carbocycles. The van der Waals surface area contributed by atoms with E-state index in [0.717, 1.165) is 18.9 Å². The molecule has 3 atom stereocenters. The van der Waals surface area contributed by atoms with Crippen LogP contribution in [0.1, 0.15) is 17.0 Å². The lowest BCUT2D eigenvalue weighted by atomic mass is 10.0. The molecule has 130 valence electrons. The molecule has 5 heteroatoms. The SMILES string of the molecule is O=c1c(Cl)c(NCC2C3Cc4ccccc4C23)cnn1-c1ccccc1. The molecule has 3 aromatic rings. The number of nitrogens with one attached hydrogen (secondary N) is 1. The molecular formula is C21H18ClN3O. The van der Waals surface area contributed by atoms with E-state index in [2.05, 4.69) is 34.7 Å². The van der Waals surface area contributed by atoms with Gasteiger partial charge in [0, 0.05) is 6.54 Å². The van der Waals surface area contributed by atoms with Crippen LogP contribution in [0.5, 0.6) is 0 Å². The molecule has 5 rings (SSSR count). The van der Waals surface area contributed by atoms with E-state index in [4.69, 9.17) is 11.6 Å². The molecule has 1 N–H and O–H groups in total. The highest BCUT2D eigenvalue weighted by atomic mass is 35.5. The van der Waals surface area contributed by atoms with E-state index < -0.39 is 0 Å². The molecule has 1 aromatic heterocycles. The molecule has 26 heavy (non-hydrogen) atoms. The van der Waals surface area contributed by atoms with Crippen molar-refractivity contribution in [2.75, 3.05) is 11.9 Å². The number of fused-ring (bicyclic) bond motifs is 3. The molecule has 1 fully saturated rings. The van der Waals surface area contributed by atoms with Gasteiger partial charge in [-0.1, -0.05) is 54.1 Å². The zero-order chi connectivity index (χ0) is 17.7. The number of aromatic nitrogens is 2. The van der Waals surface area contributed by atoms with Crippen molar-refractivity contribution in [2.24, 2.45) is 11.8 Å². The molecular weight excluding hydrogens is 346 g/mol. The van der Waals surface area contributed by atoms with Crippen LogP contribution < -0.4 is 10.9 Å². The minimum Gasteiger partial charge on any atom is -0.382 e. The Balaban J connectivity index is 1.32. The van der Waals surface area contributed by atoms with Crippen molar-refractivity contribution < 1.29 is 0 Å². The average molecular weight is 364 g/mol. The molecule has 0 amide bonds. The molecule has 0 saturated heterocycles. The molecule has 1 saturated carbocycles. The van der Waals surface area contributed by atoms with E-state index >= 15 is 0 Å². The summed E-state index contributed by atoms with van der Waals surface area (Å²) in [6.45, 7) is 0.819. The lowest BCUT2D eigenvalue weighted by Gasteiger charge is -2.12. The van der Waals surface area contributed by atoms with Crippen LogP contribution in [0.4, 0.5) is 5.69 Å². The monoisotopic (exact) mass is 363 g/mol. The van der Waals surface area contributed by atoms with Crippen molar-refractivity contribution in [2.45, 2.75) is 12.3 Å². The minimum atomic E-state index is -0.302. The van der Waals surface area contributed by atoms with Gasteiger partial charge in [0.05, 0.1) is 17.6 Å². The third-order valence-corrected chi connectivity index (χ3v) is 6.01. The second-order valence-electron chi connectivity index (χ2n) is 7.06. The normalized spacial score (nSPS) is 22.6. The fourth-order valence-corrected chi connectivity index (χ4v) is 4.49. The van der Waals surface area contributed by atoms with Crippen molar-refractivity contribution in [3.63, 3.8) is 0 Å². The summed E-state index contributed by atoms with van der Waals surface area (Å²) >= 11 is 6.32. The van der Waals surface area contributed by atoms with E-state index in [-0.39, 0.29) is 10.6 Å². The summed E-state index contributed by atoms with van der Waals surface area (Å²) in [7, 11) is 0. The number of hydrogen-bond acceptors (Lipinski definition) is 3. The van der Waals surface area contributed by atoms with Crippen LogP contribution >= 0.6 is 11.6 Å². The highest BCUT2D eigenvalue weighted by molar-refractivity contribution is 6.32. The van der Waals surface area contributed by atoms with E-state index in [1.54, 1.807) is 6.20 Å². The predicted octanol–water partition coefficient (Wildman–Crippen LogP) is 3.88. The summed E-state index contributed by atoms with van der Waals surface area (Å²) in [6.07, 6.45) is 2.80. The molecule has 2 aromatic carbocycles. The minimum absolute atomic E-state index is 0.190.